The maximum atomic E-state index is 13.8. The lowest BCUT2D eigenvalue weighted by Crippen LogP contribution is -2.16. The monoisotopic (exact) mass is 413 g/mol. The van der Waals surface area contributed by atoms with Gasteiger partial charge in [-0.25, -0.2) is 12.8 Å². The first-order chi connectivity index (χ1) is 13.8. The van der Waals surface area contributed by atoms with Gasteiger partial charge in [-0.05, 0) is 42.7 Å². The minimum absolute atomic E-state index is 0.00124. The Balaban J connectivity index is 1.69. The van der Waals surface area contributed by atoms with Crippen molar-refractivity contribution >= 4 is 21.4 Å². The summed E-state index contributed by atoms with van der Waals surface area (Å²) in [4.78, 5) is 12.7. The van der Waals surface area contributed by atoms with E-state index in [4.69, 9.17) is 0 Å². The van der Waals surface area contributed by atoms with Gasteiger partial charge in [-0.2, -0.15) is 5.10 Å². The Morgan fingerprint density at radius 1 is 1.17 bits per heavy atom. The van der Waals surface area contributed by atoms with Gasteiger partial charge in [0, 0.05) is 5.69 Å². The van der Waals surface area contributed by atoms with Crippen LogP contribution in [-0.4, -0.2) is 35.6 Å². The molecule has 0 radical (unpaired) electrons. The van der Waals surface area contributed by atoms with Gasteiger partial charge < -0.3 is 5.32 Å². The third kappa shape index (κ3) is 4.07. The van der Waals surface area contributed by atoms with Gasteiger partial charge in [0.25, 0.3) is 5.91 Å². The molecule has 1 saturated heterocycles. The smallest absolute Gasteiger partial charge is 0.276 e. The molecule has 0 bridgehead atoms. The molecular weight excluding hydrogens is 393 g/mol. The third-order valence-corrected chi connectivity index (χ3v) is 6.77. The Morgan fingerprint density at radius 2 is 1.93 bits per heavy atom. The highest BCUT2D eigenvalue weighted by molar-refractivity contribution is 7.91. The molecule has 4 rings (SSSR count). The van der Waals surface area contributed by atoms with Gasteiger partial charge in [0.05, 0.1) is 23.2 Å². The van der Waals surface area contributed by atoms with E-state index >= 15 is 0 Å². The fourth-order valence-electron chi connectivity index (χ4n) is 3.44. The SMILES string of the molecule is Cc1ccc(NC(=O)c2cc(-c3ccccc3)n(C3CCS(=O)(=O)C3)n2)cc1F. The zero-order valence-electron chi connectivity index (χ0n) is 15.8. The molecule has 29 heavy (non-hydrogen) atoms. The topological polar surface area (TPSA) is 81.1 Å². The van der Waals surface area contributed by atoms with Crippen LogP contribution in [0.15, 0.2) is 54.6 Å². The molecular formula is C21H20FN3O3S. The van der Waals surface area contributed by atoms with Crippen LogP contribution < -0.4 is 5.32 Å². The lowest BCUT2D eigenvalue weighted by Gasteiger charge is -2.13. The van der Waals surface area contributed by atoms with E-state index in [-0.39, 0.29) is 23.2 Å². The number of nitrogens with one attached hydrogen (secondary N) is 1. The van der Waals surface area contributed by atoms with Gasteiger partial charge in [-0.1, -0.05) is 36.4 Å². The second-order valence-corrected chi connectivity index (χ2v) is 9.43. The number of carbonyl (C=O) groups is 1. The van der Waals surface area contributed by atoms with Crippen molar-refractivity contribution in [2.24, 2.45) is 0 Å². The van der Waals surface area contributed by atoms with E-state index in [1.165, 1.54) is 6.07 Å². The number of nitrogens with zero attached hydrogens (tertiary/aromatic N) is 2. The first-order valence-corrected chi connectivity index (χ1v) is 11.1. The molecule has 1 atom stereocenters. The summed E-state index contributed by atoms with van der Waals surface area (Å²) in [5, 5.41) is 7.07. The van der Waals surface area contributed by atoms with Gasteiger partial charge in [0.1, 0.15) is 5.82 Å². The van der Waals surface area contributed by atoms with Crippen molar-refractivity contribution < 1.29 is 17.6 Å². The first-order valence-electron chi connectivity index (χ1n) is 9.25. The van der Waals surface area contributed by atoms with Gasteiger partial charge in [0.2, 0.25) is 0 Å². The molecule has 1 aromatic heterocycles. The van der Waals surface area contributed by atoms with Crippen LogP contribution in [0.25, 0.3) is 11.3 Å². The number of benzene rings is 2. The first kappa shape index (κ1) is 19.3. The number of aromatic nitrogens is 2. The van der Waals surface area contributed by atoms with E-state index in [0.717, 1.165) is 5.56 Å². The lowest BCUT2D eigenvalue weighted by molar-refractivity contribution is 0.102. The number of halogens is 1. The number of amides is 1. The van der Waals surface area contributed by atoms with E-state index in [2.05, 4.69) is 10.4 Å². The molecule has 2 heterocycles. The molecule has 0 aliphatic carbocycles. The molecule has 0 saturated carbocycles. The van der Waals surface area contributed by atoms with E-state index in [0.29, 0.717) is 23.4 Å². The molecule has 150 valence electrons. The molecule has 1 aliphatic rings. The van der Waals surface area contributed by atoms with Crippen LogP contribution in [-0.2, 0) is 9.84 Å². The molecule has 1 unspecified atom stereocenters. The van der Waals surface area contributed by atoms with Crippen molar-refractivity contribution in [3.8, 4) is 11.3 Å². The molecule has 1 aliphatic heterocycles. The predicted octanol–water partition coefficient (Wildman–Crippen LogP) is 3.61. The Kier molecular flexibility index (Phi) is 4.96. The molecule has 2 aromatic carbocycles. The minimum atomic E-state index is -3.11. The highest BCUT2D eigenvalue weighted by atomic mass is 32.2. The summed E-state index contributed by atoms with van der Waals surface area (Å²) in [7, 11) is -3.11. The van der Waals surface area contributed by atoms with Crippen LogP contribution in [0.1, 0.15) is 28.5 Å². The van der Waals surface area contributed by atoms with Crippen LogP contribution >= 0.6 is 0 Å². The number of hydrogen-bond acceptors (Lipinski definition) is 4. The molecule has 6 nitrogen and oxygen atoms in total. The summed E-state index contributed by atoms with van der Waals surface area (Å²) in [5.74, 6) is -0.784. The second kappa shape index (κ2) is 7.44. The Labute approximate surface area is 168 Å². The number of sulfone groups is 1. The Morgan fingerprint density at radius 3 is 2.59 bits per heavy atom. The number of carbonyl (C=O) groups excluding carboxylic acids is 1. The van der Waals surface area contributed by atoms with Crippen molar-refractivity contribution in [1.29, 1.82) is 0 Å². The number of anilines is 1. The summed E-state index contributed by atoms with van der Waals surface area (Å²) in [5.41, 5.74) is 2.48. The average Bonchev–Trinajstić information content (AvgIpc) is 3.29. The highest BCUT2D eigenvalue weighted by Crippen LogP contribution is 2.30. The Bertz CT molecular complexity index is 1170. The summed E-state index contributed by atoms with van der Waals surface area (Å²) < 4.78 is 39.3. The standard InChI is InChI=1S/C21H20FN3O3S/c1-14-7-8-16(11-18(14)22)23-21(26)19-12-20(15-5-3-2-4-6-15)25(24-19)17-9-10-29(27,28)13-17/h2-8,11-12,17H,9-10,13H2,1H3,(H,23,26). The molecule has 0 spiro atoms. The summed E-state index contributed by atoms with van der Waals surface area (Å²) in [6, 6.07) is 15.2. The average molecular weight is 413 g/mol. The molecule has 1 fully saturated rings. The fraction of sp³-hybridized carbons (Fsp3) is 0.238. The maximum Gasteiger partial charge on any atom is 0.276 e. The number of rotatable bonds is 4. The zero-order valence-corrected chi connectivity index (χ0v) is 16.6. The number of hydrogen-bond donors (Lipinski definition) is 1. The van der Waals surface area contributed by atoms with Crippen molar-refractivity contribution in [2.45, 2.75) is 19.4 Å². The largest absolute Gasteiger partial charge is 0.320 e. The van der Waals surface area contributed by atoms with E-state index in [1.807, 2.05) is 30.3 Å². The summed E-state index contributed by atoms with van der Waals surface area (Å²) in [6.45, 7) is 1.64. The van der Waals surface area contributed by atoms with Gasteiger partial charge in [-0.15, -0.1) is 0 Å². The fourth-order valence-corrected chi connectivity index (χ4v) is 5.13. The van der Waals surface area contributed by atoms with E-state index < -0.39 is 21.6 Å². The molecule has 3 aromatic rings. The quantitative estimate of drug-likeness (QED) is 0.709. The minimum Gasteiger partial charge on any atom is -0.320 e. The van der Waals surface area contributed by atoms with Crippen molar-refractivity contribution in [3.05, 3.63) is 71.7 Å². The van der Waals surface area contributed by atoms with Crippen LogP contribution in [0.3, 0.4) is 0 Å². The third-order valence-electron chi connectivity index (χ3n) is 5.02. The van der Waals surface area contributed by atoms with E-state index in [1.54, 1.807) is 29.8 Å². The summed E-state index contributed by atoms with van der Waals surface area (Å²) in [6.07, 6.45) is 0.452. The van der Waals surface area contributed by atoms with Gasteiger partial charge >= 0.3 is 0 Å². The van der Waals surface area contributed by atoms with Crippen LogP contribution in [0.4, 0.5) is 10.1 Å². The second-order valence-electron chi connectivity index (χ2n) is 7.20. The van der Waals surface area contributed by atoms with Crippen LogP contribution in [0.5, 0.6) is 0 Å². The number of aryl methyl sites for hydroxylation is 1. The molecule has 8 heteroatoms. The molecule has 1 amide bonds. The zero-order chi connectivity index (χ0) is 20.6. The Hall–Kier alpha value is -3.00. The van der Waals surface area contributed by atoms with Crippen molar-refractivity contribution in [2.75, 3.05) is 16.8 Å². The van der Waals surface area contributed by atoms with Crippen LogP contribution in [0, 0.1) is 12.7 Å². The van der Waals surface area contributed by atoms with Crippen molar-refractivity contribution in [3.63, 3.8) is 0 Å². The molecule has 1 N–H and O–H groups in total. The normalized spacial score (nSPS) is 17.9. The summed E-state index contributed by atoms with van der Waals surface area (Å²) >= 11 is 0. The van der Waals surface area contributed by atoms with E-state index in [9.17, 15) is 17.6 Å². The lowest BCUT2D eigenvalue weighted by atomic mass is 10.1. The van der Waals surface area contributed by atoms with Gasteiger partial charge in [-0.3, -0.25) is 9.48 Å². The maximum absolute atomic E-state index is 13.8. The van der Waals surface area contributed by atoms with Gasteiger partial charge in [0.15, 0.2) is 15.5 Å². The predicted molar refractivity (Wildman–Crippen MR) is 109 cm³/mol. The van der Waals surface area contributed by atoms with Crippen LogP contribution in [0.2, 0.25) is 0 Å². The highest BCUT2D eigenvalue weighted by Gasteiger charge is 2.32. The van der Waals surface area contributed by atoms with Crippen molar-refractivity contribution in [1.82, 2.24) is 9.78 Å².